The van der Waals surface area contributed by atoms with E-state index in [-0.39, 0.29) is 11.7 Å². The van der Waals surface area contributed by atoms with Gasteiger partial charge >= 0.3 is 0 Å². The van der Waals surface area contributed by atoms with Crippen molar-refractivity contribution < 1.29 is 13.2 Å². The number of nitrogens with zero attached hydrogens (tertiary/aromatic N) is 2. The van der Waals surface area contributed by atoms with E-state index in [0.717, 1.165) is 21.8 Å². The molecule has 1 aromatic heterocycles. The van der Waals surface area contributed by atoms with Crippen molar-refractivity contribution in [2.24, 2.45) is 0 Å². The lowest BCUT2D eigenvalue weighted by Gasteiger charge is -2.27. The van der Waals surface area contributed by atoms with Gasteiger partial charge in [-0.25, -0.2) is 8.42 Å². The zero-order chi connectivity index (χ0) is 20.2. The number of aromatic amines is 1. The normalized spacial score (nSPS) is 18.2. The standard InChI is InChI=1S/C21H20BrN3O3S/c22-18-4-1-3-16-17-13-24(11-9-19(17)23-20(16)18)21(26)14-5-7-15(8-6-14)25-10-2-12-29(25,27)28/h1,3-8,23H,2,9-13H2. The number of carbonyl (C=O) groups excluding carboxylic acids is 1. The molecule has 3 aromatic rings. The van der Waals surface area contributed by atoms with E-state index in [1.165, 1.54) is 15.6 Å². The van der Waals surface area contributed by atoms with Crippen LogP contribution >= 0.6 is 15.9 Å². The maximum Gasteiger partial charge on any atom is 0.254 e. The van der Waals surface area contributed by atoms with Crippen LogP contribution in [-0.4, -0.2) is 43.1 Å². The van der Waals surface area contributed by atoms with E-state index in [1.54, 1.807) is 24.3 Å². The molecule has 1 N–H and O–H groups in total. The van der Waals surface area contributed by atoms with E-state index in [1.807, 2.05) is 17.0 Å². The lowest BCUT2D eigenvalue weighted by atomic mass is 10.0. The van der Waals surface area contributed by atoms with Gasteiger partial charge in [-0.05, 0) is 52.7 Å². The number of hydrogen-bond donors (Lipinski definition) is 1. The van der Waals surface area contributed by atoms with Crippen molar-refractivity contribution in [2.45, 2.75) is 19.4 Å². The molecular weight excluding hydrogens is 454 g/mol. The van der Waals surface area contributed by atoms with E-state index < -0.39 is 10.0 Å². The third kappa shape index (κ3) is 3.14. The molecule has 150 valence electrons. The monoisotopic (exact) mass is 473 g/mol. The Kier molecular flexibility index (Phi) is 4.43. The molecule has 1 saturated heterocycles. The molecule has 2 aromatic carbocycles. The number of carbonyl (C=O) groups is 1. The molecule has 2 aliphatic rings. The summed E-state index contributed by atoms with van der Waals surface area (Å²) in [6, 6.07) is 13.0. The number of sulfonamides is 1. The molecule has 0 radical (unpaired) electrons. The van der Waals surface area contributed by atoms with Gasteiger partial charge in [0.1, 0.15) is 0 Å². The summed E-state index contributed by atoms with van der Waals surface area (Å²) in [5, 5.41) is 1.14. The second-order valence-corrected chi connectivity index (χ2v) is 10.4. The second-order valence-electron chi connectivity index (χ2n) is 7.51. The van der Waals surface area contributed by atoms with Crippen molar-refractivity contribution in [2.75, 3.05) is 23.1 Å². The fourth-order valence-electron chi connectivity index (χ4n) is 4.26. The van der Waals surface area contributed by atoms with Crippen molar-refractivity contribution in [3.63, 3.8) is 0 Å². The van der Waals surface area contributed by atoms with E-state index in [0.29, 0.717) is 37.3 Å². The first-order valence-corrected chi connectivity index (χ1v) is 12.0. The van der Waals surface area contributed by atoms with Crippen LogP contribution in [-0.2, 0) is 23.0 Å². The number of rotatable bonds is 2. The van der Waals surface area contributed by atoms with Gasteiger partial charge in [0.25, 0.3) is 5.91 Å². The van der Waals surface area contributed by atoms with Crippen molar-refractivity contribution in [3.05, 3.63) is 63.8 Å². The molecule has 1 amide bonds. The summed E-state index contributed by atoms with van der Waals surface area (Å²) in [6.07, 6.45) is 1.42. The van der Waals surface area contributed by atoms with Crippen LogP contribution in [0.3, 0.4) is 0 Å². The zero-order valence-electron chi connectivity index (χ0n) is 15.7. The molecule has 3 heterocycles. The van der Waals surface area contributed by atoms with Crippen molar-refractivity contribution in [1.29, 1.82) is 0 Å². The topological polar surface area (TPSA) is 73.5 Å². The summed E-state index contributed by atoms with van der Waals surface area (Å²) >= 11 is 3.59. The Morgan fingerprint density at radius 1 is 1.07 bits per heavy atom. The largest absolute Gasteiger partial charge is 0.357 e. The Morgan fingerprint density at radius 2 is 1.86 bits per heavy atom. The van der Waals surface area contributed by atoms with Gasteiger partial charge in [-0.3, -0.25) is 9.10 Å². The highest BCUT2D eigenvalue weighted by Gasteiger charge is 2.29. The van der Waals surface area contributed by atoms with Gasteiger partial charge < -0.3 is 9.88 Å². The van der Waals surface area contributed by atoms with Crippen LogP contribution in [0.25, 0.3) is 10.9 Å². The van der Waals surface area contributed by atoms with Gasteiger partial charge in [0.2, 0.25) is 10.0 Å². The van der Waals surface area contributed by atoms with Crippen molar-refractivity contribution in [1.82, 2.24) is 9.88 Å². The molecule has 2 aliphatic heterocycles. The van der Waals surface area contributed by atoms with Crippen LogP contribution in [0.4, 0.5) is 5.69 Å². The molecule has 0 unspecified atom stereocenters. The molecule has 0 aliphatic carbocycles. The van der Waals surface area contributed by atoms with Gasteiger partial charge in [0.05, 0.1) is 17.0 Å². The predicted octanol–water partition coefficient (Wildman–Crippen LogP) is 3.67. The second kappa shape index (κ2) is 6.88. The number of para-hydroxylation sites is 1. The zero-order valence-corrected chi connectivity index (χ0v) is 18.1. The molecule has 0 atom stereocenters. The van der Waals surface area contributed by atoms with Gasteiger partial charge in [-0.1, -0.05) is 12.1 Å². The first-order valence-electron chi connectivity index (χ1n) is 9.62. The fraction of sp³-hybridized carbons (Fsp3) is 0.286. The minimum absolute atomic E-state index is 0.0316. The number of aromatic nitrogens is 1. The van der Waals surface area contributed by atoms with Crippen molar-refractivity contribution >= 4 is 48.5 Å². The Balaban J connectivity index is 1.39. The van der Waals surface area contributed by atoms with Crippen LogP contribution in [0.15, 0.2) is 46.9 Å². The average molecular weight is 474 g/mol. The van der Waals surface area contributed by atoms with Crippen LogP contribution < -0.4 is 4.31 Å². The lowest BCUT2D eigenvalue weighted by molar-refractivity contribution is 0.0735. The number of hydrogen-bond acceptors (Lipinski definition) is 3. The first kappa shape index (κ1) is 18.7. The quantitative estimate of drug-likeness (QED) is 0.616. The van der Waals surface area contributed by atoms with E-state index in [4.69, 9.17) is 0 Å². The fourth-order valence-corrected chi connectivity index (χ4v) is 6.29. The van der Waals surface area contributed by atoms with E-state index in [9.17, 15) is 13.2 Å². The molecule has 5 rings (SSSR count). The molecule has 0 bridgehead atoms. The summed E-state index contributed by atoms with van der Waals surface area (Å²) in [7, 11) is -3.21. The highest BCUT2D eigenvalue weighted by atomic mass is 79.9. The van der Waals surface area contributed by atoms with Crippen molar-refractivity contribution in [3.8, 4) is 0 Å². The van der Waals surface area contributed by atoms with Gasteiger partial charge in [0.15, 0.2) is 0 Å². The SMILES string of the molecule is O=C(c1ccc(N2CCCS2(=O)=O)cc1)N1CCc2[nH]c3c(Br)cccc3c2C1. The highest BCUT2D eigenvalue weighted by Crippen LogP contribution is 2.32. The van der Waals surface area contributed by atoms with Crippen LogP contribution in [0.2, 0.25) is 0 Å². The van der Waals surface area contributed by atoms with Crippen LogP contribution in [0.1, 0.15) is 28.0 Å². The summed E-state index contributed by atoms with van der Waals surface area (Å²) in [4.78, 5) is 18.4. The Bertz CT molecular complexity index is 1220. The van der Waals surface area contributed by atoms with Crippen LogP contribution in [0, 0.1) is 0 Å². The minimum Gasteiger partial charge on any atom is -0.357 e. The molecule has 6 nitrogen and oxygen atoms in total. The molecule has 1 fully saturated rings. The number of nitrogens with one attached hydrogen (secondary N) is 1. The lowest BCUT2D eigenvalue weighted by Crippen LogP contribution is -2.35. The summed E-state index contributed by atoms with van der Waals surface area (Å²) < 4.78 is 26.6. The highest BCUT2D eigenvalue weighted by molar-refractivity contribution is 9.10. The summed E-state index contributed by atoms with van der Waals surface area (Å²) in [5.41, 5.74) is 4.63. The number of anilines is 1. The average Bonchev–Trinajstić information content (AvgIpc) is 3.27. The number of halogens is 1. The molecule has 8 heteroatoms. The Labute approximate surface area is 177 Å². The predicted molar refractivity (Wildman–Crippen MR) is 117 cm³/mol. The van der Waals surface area contributed by atoms with Gasteiger partial charge in [-0.2, -0.15) is 0 Å². The maximum atomic E-state index is 13.1. The number of fused-ring (bicyclic) bond motifs is 3. The van der Waals surface area contributed by atoms with Gasteiger partial charge in [0, 0.05) is 52.7 Å². The molecule has 0 spiro atoms. The third-order valence-corrected chi connectivity index (χ3v) is 8.28. The summed E-state index contributed by atoms with van der Waals surface area (Å²) in [5.74, 6) is 0.153. The molecule has 0 saturated carbocycles. The minimum atomic E-state index is -3.21. The molecule has 29 heavy (non-hydrogen) atoms. The smallest absolute Gasteiger partial charge is 0.254 e. The van der Waals surface area contributed by atoms with E-state index in [2.05, 4.69) is 27.0 Å². The van der Waals surface area contributed by atoms with E-state index >= 15 is 0 Å². The number of H-pyrrole nitrogens is 1. The number of benzene rings is 2. The summed E-state index contributed by atoms with van der Waals surface area (Å²) in [6.45, 7) is 1.71. The Morgan fingerprint density at radius 3 is 2.59 bits per heavy atom. The maximum absolute atomic E-state index is 13.1. The Hall–Kier alpha value is -2.32. The third-order valence-electron chi connectivity index (χ3n) is 5.75. The number of amides is 1. The molecular formula is C21H20BrN3O3S. The van der Waals surface area contributed by atoms with Crippen LogP contribution in [0.5, 0.6) is 0 Å². The van der Waals surface area contributed by atoms with Gasteiger partial charge in [-0.15, -0.1) is 0 Å². The first-order chi connectivity index (χ1) is 13.9.